The molecule has 2 aromatic heterocycles. The Labute approximate surface area is 239 Å². The maximum Gasteiger partial charge on any atom is 0.275 e. The van der Waals surface area contributed by atoms with Crippen LogP contribution in [0.15, 0.2) is 69.0 Å². The normalized spacial score (nSPS) is 11.7. The fourth-order valence-corrected chi connectivity index (χ4v) is 5.46. The van der Waals surface area contributed by atoms with Gasteiger partial charge in [-0.25, -0.2) is 18.4 Å². The summed E-state index contributed by atoms with van der Waals surface area (Å²) in [6, 6.07) is 7.94. The van der Waals surface area contributed by atoms with Crippen LogP contribution in [0.1, 0.15) is 28.2 Å². The molecule has 0 bridgehead atoms. The first-order valence-electron chi connectivity index (χ1n) is 12.1. The van der Waals surface area contributed by atoms with E-state index >= 15 is 0 Å². The van der Waals surface area contributed by atoms with Crippen LogP contribution in [0.2, 0.25) is 0 Å². The number of benzene rings is 1. The number of ketones is 1. The lowest BCUT2D eigenvalue weighted by Crippen LogP contribution is -2.43. The van der Waals surface area contributed by atoms with Gasteiger partial charge in [0.05, 0.1) is 17.5 Å². The van der Waals surface area contributed by atoms with Crippen LogP contribution in [-0.4, -0.2) is 54.2 Å². The van der Waals surface area contributed by atoms with Crippen LogP contribution < -0.4 is 38.5 Å². The molecule has 15 nitrogen and oxygen atoms in total. The average Bonchev–Trinajstić information content (AvgIpc) is 3.43. The third-order valence-corrected chi connectivity index (χ3v) is 7.42. The Morgan fingerprint density at radius 1 is 1.07 bits per heavy atom. The highest BCUT2D eigenvalue weighted by molar-refractivity contribution is 7.91. The first-order valence-corrected chi connectivity index (χ1v) is 14.6. The summed E-state index contributed by atoms with van der Waals surface area (Å²) < 4.78 is 28.8. The van der Waals surface area contributed by atoms with Gasteiger partial charge < -0.3 is 32.8 Å². The molecule has 0 radical (unpaired) electrons. The van der Waals surface area contributed by atoms with E-state index in [0.29, 0.717) is 17.7 Å². The van der Waals surface area contributed by atoms with Crippen molar-refractivity contribution < 1.29 is 18.0 Å². The molecule has 0 aliphatic carbocycles. The Morgan fingerprint density at radius 2 is 1.80 bits per heavy atom. The van der Waals surface area contributed by atoms with E-state index in [9.17, 15) is 22.8 Å². The van der Waals surface area contributed by atoms with E-state index in [4.69, 9.17) is 22.9 Å². The second-order valence-electron chi connectivity index (χ2n) is 8.69. The Bertz CT molecular complexity index is 1580. The SMILES string of the molecule is NC(N)=NCCCC(NC(=O)Cn1cccc(NS(=O)(=O)Cc2ccc(N=C(N)N)cc2)c1=O)C(=O)c1nccs1. The quantitative estimate of drug-likeness (QED) is 0.0600. The number of sulfonamides is 1. The Morgan fingerprint density at radius 3 is 2.44 bits per heavy atom. The second-order valence-corrected chi connectivity index (χ2v) is 11.3. The summed E-state index contributed by atoms with van der Waals surface area (Å²) in [5, 5.41) is 4.49. The van der Waals surface area contributed by atoms with E-state index in [1.807, 2.05) is 0 Å². The number of Topliss-reactive ketones (excluding diaryl/α,β-unsaturated/α-hetero) is 1. The first-order chi connectivity index (χ1) is 19.4. The number of anilines is 1. The molecular weight excluding hydrogens is 572 g/mol. The highest BCUT2D eigenvalue weighted by atomic mass is 32.2. The first kappa shape index (κ1) is 30.8. The topological polar surface area (TPSA) is 256 Å². The molecule has 3 aromatic rings. The molecular formula is C24H30N10O5S2. The van der Waals surface area contributed by atoms with Crippen molar-refractivity contribution in [3.05, 3.63) is 75.1 Å². The fourth-order valence-electron chi connectivity index (χ4n) is 3.64. The maximum atomic E-state index is 13.0. The number of pyridine rings is 1. The molecule has 0 fully saturated rings. The number of rotatable bonds is 14. The van der Waals surface area contributed by atoms with Crippen molar-refractivity contribution in [1.29, 1.82) is 0 Å². The van der Waals surface area contributed by atoms with E-state index < -0.39 is 45.6 Å². The number of nitrogens with two attached hydrogens (primary N) is 4. The molecule has 0 aliphatic heterocycles. The molecule has 3 rings (SSSR count). The Balaban J connectivity index is 1.68. The van der Waals surface area contributed by atoms with Crippen molar-refractivity contribution in [3.8, 4) is 0 Å². The van der Waals surface area contributed by atoms with E-state index in [0.717, 1.165) is 15.9 Å². The lowest BCUT2D eigenvalue weighted by Gasteiger charge is -2.17. The Kier molecular flexibility index (Phi) is 10.5. The molecule has 0 saturated carbocycles. The number of carbonyl (C=O) groups is 2. The minimum atomic E-state index is -3.99. The molecule has 0 saturated heterocycles. The van der Waals surface area contributed by atoms with E-state index in [2.05, 4.69) is 25.0 Å². The van der Waals surface area contributed by atoms with Crippen LogP contribution in [0.4, 0.5) is 11.4 Å². The Hall–Kier alpha value is -4.77. The summed E-state index contributed by atoms with van der Waals surface area (Å²) in [6.07, 6.45) is 3.43. The lowest BCUT2D eigenvalue weighted by molar-refractivity contribution is -0.122. The minimum Gasteiger partial charge on any atom is -0.370 e. The summed E-state index contributed by atoms with van der Waals surface area (Å²) >= 11 is 1.13. The van der Waals surface area contributed by atoms with Gasteiger partial charge in [-0.3, -0.25) is 24.1 Å². The highest BCUT2D eigenvalue weighted by Crippen LogP contribution is 2.16. The van der Waals surface area contributed by atoms with E-state index in [-0.39, 0.29) is 35.6 Å². The number of carbonyl (C=O) groups excluding carboxylic acids is 2. The number of aliphatic imine (C=N–C) groups is 2. The van der Waals surface area contributed by atoms with Gasteiger partial charge in [0.1, 0.15) is 12.2 Å². The van der Waals surface area contributed by atoms with Crippen molar-refractivity contribution in [3.63, 3.8) is 0 Å². The number of amides is 1. The summed E-state index contributed by atoms with van der Waals surface area (Å²) in [4.78, 5) is 50.5. The third kappa shape index (κ3) is 9.73. The molecule has 1 amide bonds. The largest absolute Gasteiger partial charge is 0.370 e. The highest BCUT2D eigenvalue weighted by Gasteiger charge is 2.24. The third-order valence-electron chi connectivity index (χ3n) is 5.39. The van der Waals surface area contributed by atoms with Gasteiger partial charge in [-0.05, 0) is 42.7 Å². The smallest absolute Gasteiger partial charge is 0.275 e. The molecule has 218 valence electrons. The standard InChI is InChI=1S/C24H30N10O5S2/c25-23(26)30-9-1-3-17(20(36)21-29-10-12-40-21)32-19(35)13-34-11-2-4-18(22(34)37)33-41(38,39)14-15-5-7-16(8-6-15)31-24(27)28/h2,4-8,10-12,17,33H,1,3,9,13-14H2,(H,32,35)(H4,25,26,30)(H4,27,28,31). The molecule has 17 heteroatoms. The number of guanidine groups is 2. The lowest BCUT2D eigenvalue weighted by atomic mass is 10.1. The van der Waals surface area contributed by atoms with Gasteiger partial charge in [0, 0.05) is 24.3 Å². The molecule has 2 heterocycles. The molecule has 0 aliphatic rings. The van der Waals surface area contributed by atoms with Crippen LogP contribution in [0.5, 0.6) is 0 Å². The minimum absolute atomic E-state index is 0.0903. The number of nitrogens with zero attached hydrogens (tertiary/aromatic N) is 4. The summed E-state index contributed by atoms with van der Waals surface area (Å²) in [5.74, 6) is -1.68. The number of nitrogens with one attached hydrogen (secondary N) is 2. The zero-order valence-corrected chi connectivity index (χ0v) is 23.4. The zero-order chi connectivity index (χ0) is 30.0. The van der Waals surface area contributed by atoms with Gasteiger partial charge in [0.2, 0.25) is 21.7 Å². The van der Waals surface area contributed by atoms with Crippen molar-refractivity contribution in [2.24, 2.45) is 32.9 Å². The second kappa shape index (κ2) is 14.0. The monoisotopic (exact) mass is 602 g/mol. The number of thiazole rings is 1. The molecule has 1 aromatic carbocycles. The number of hydrogen-bond donors (Lipinski definition) is 6. The van der Waals surface area contributed by atoms with Crippen molar-refractivity contribution >= 4 is 56.3 Å². The summed E-state index contributed by atoms with van der Waals surface area (Å²) in [5.41, 5.74) is 21.2. The predicted octanol–water partition coefficient (Wildman–Crippen LogP) is -0.427. The predicted molar refractivity (Wildman–Crippen MR) is 157 cm³/mol. The van der Waals surface area contributed by atoms with Gasteiger partial charge in [-0.2, -0.15) is 0 Å². The van der Waals surface area contributed by atoms with Crippen molar-refractivity contribution in [2.45, 2.75) is 31.2 Å². The maximum absolute atomic E-state index is 13.0. The van der Waals surface area contributed by atoms with Gasteiger partial charge in [-0.1, -0.05) is 12.1 Å². The van der Waals surface area contributed by atoms with Crippen LogP contribution >= 0.6 is 11.3 Å². The van der Waals surface area contributed by atoms with Crippen LogP contribution in [0.25, 0.3) is 0 Å². The van der Waals surface area contributed by atoms with Crippen molar-refractivity contribution in [1.82, 2.24) is 14.9 Å². The molecule has 10 N–H and O–H groups in total. The van der Waals surface area contributed by atoms with Crippen LogP contribution in [0.3, 0.4) is 0 Å². The summed E-state index contributed by atoms with van der Waals surface area (Å²) in [7, 11) is -3.99. The molecule has 41 heavy (non-hydrogen) atoms. The number of aromatic nitrogens is 2. The average molecular weight is 603 g/mol. The van der Waals surface area contributed by atoms with E-state index in [1.165, 1.54) is 36.7 Å². The molecule has 1 atom stereocenters. The van der Waals surface area contributed by atoms with Gasteiger partial charge in [0.25, 0.3) is 5.56 Å². The van der Waals surface area contributed by atoms with Crippen LogP contribution in [0, 0.1) is 0 Å². The molecule has 1 unspecified atom stereocenters. The van der Waals surface area contributed by atoms with Gasteiger partial charge in [0.15, 0.2) is 16.9 Å². The fraction of sp³-hybridized carbons (Fsp3) is 0.250. The number of hydrogen-bond acceptors (Lipinski definition) is 9. The summed E-state index contributed by atoms with van der Waals surface area (Å²) in [6.45, 7) is -0.210. The zero-order valence-electron chi connectivity index (χ0n) is 21.8. The van der Waals surface area contributed by atoms with Gasteiger partial charge in [-0.15, -0.1) is 11.3 Å². The van der Waals surface area contributed by atoms with Crippen LogP contribution in [-0.2, 0) is 27.1 Å². The van der Waals surface area contributed by atoms with Gasteiger partial charge >= 0.3 is 0 Å². The van der Waals surface area contributed by atoms with E-state index in [1.54, 1.807) is 17.5 Å². The van der Waals surface area contributed by atoms with Crippen molar-refractivity contribution in [2.75, 3.05) is 11.3 Å². The molecule has 0 spiro atoms.